The van der Waals surface area contributed by atoms with Crippen molar-refractivity contribution in [1.29, 1.82) is 0 Å². The molecule has 1 rings (SSSR count). The van der Waals surface area contributed by atoms with Crippen molar-refractivity contribution >= 4 is 10.0 Å². The van der Waals surface area contributed by atoms with Gasteiger partial charge in [0, 0.05) is 6.04 Å². The molecule has 0 unspecified atom stereocenters. The SMILES string of the molecule is CCCOc1ccc(S(=O)(=O)N[C@H](C)CC)cc1C. The Bertz CT molecular complexity index is 511. The first-order valence-electron chi connectivity index (χ1n) is 6.66. The van der Waals surface area contributed by atoms with E-state index in [1.165, 1.54) is 0 Å². The Hall–Kier alpha value is -1.07. The van der Waals surface area contributed by atoms with Gasteiger partial charge in [-0.05, 0) is 50.5 Å². The van der Waals surface area contributed by atoms with Gasteiger partial charge in [0.15, 0.2) is 0 Å². The van der Waals surface area contributed by atoms with E-state index in [0.717, 1.165) is 24.2 Å². The average molecular weight is 285 g/mol. The lowest BCUT2D eigenvalue weighted by atomic mass is 10.2. The number of aryl methyl sites for hydroxylation is 1. The maximum Gasteiger partial charge on any atom is 0.240 e. The van der Waals surface area contributed by atoms with Gasteiger partial charge >= 0.3 is 0 Å². The van der Waals surface area contributed by atoms with Gasteiger partial charge in [0.2, 0.25) is 10.0 Å². The van der Waals surface area contributed by atoms with Gasteiger partial charge in [-0.3, -0.25) is 0 Å². The predicted octanol–water partition coefficient (Wildman–Crippen LogP) is 2.86. The minimum Gasteiger partial charge on any atom is -0.493 e. The molecule has 0 saturated carbocycles. The predicted molar refractivity (Wildman–Crippen MR) is 77.0 cm³/mol. The van der Waals surface area contributed by atoms with Gasteiger partial charge in [-0.1, -0.05) is 13.8 Å². The van der Waals surface area contributed by atoms with E-state index in [1.807, 2.05) is 27.7 Å². The van der Waals surface area contributed by atoms with E-state index < -0.39 is 10.0 Å². The van der Waals surface area contributed by atoms with Gasteiger partial charge in [-0.25, -0.2) is 13.1 Å². The fourth-order valence-electron chi connectivity index (χ4n) is 1.58. The number of rotatable bonds is 7. The Kier molecular flexibility index (Phi) is 5.82. The third-order valence-electron chi connectivity index (χ3n) is 2.89. The highest BCUT2D eigenvalue weighted by Crippen LogP contribution is 2.22. The number of nitrogens with one attached hydrogen (secondary N) is 1. The van der Waals surface area contributed by atoms with Crippen molar-refractivity contribution in [2.45, 2.75) is 51.5 Å². The molecule has 1 atom stereocenters. The lowest BCUT2D eigenvalue weighted by Gasteiger charge is -2.14. The first-order chi connectivity index (χ1) is 8.90. The summed E-state index contributed by atoms with van der Waals surface area (Å²) in [7, 11) is -3.44. The van der Waals surface area contributed by atoms with Crippen LogP contribution < -0.4 is 9.46 Å². The van der Waals surface area contributed by atoms with Gasteiger partial charge in [0.1, 0.15) is 5.75 Å². The van der Waals surface area contributed by atoms with E-state index >= 15 is 0 Å². The molecule has 1 aromatic carbocycles. The highest BCUT2D eigenvalue weighted by atomic mass is 32.2. The Labute approximate surface area is 116 Å². The van der Waals surface area contributed by atoms with Crippen molar-refractivity contribution in [1.82, 2.24) is 4.72 Å². The molecule has 0 bridgehead atoms. The molecule has 0 spiro atoms. The van der Waals surface area contributed by atoms with Crippen LogP contribution in [0.4, 0.5) is 0 Å². The zero-order valence-electron chi connectivity index (χ0n) is 12.1. The maximum atomic E-state index is 12.1. The second-order valence-electron chi connectivity index (χ2n) is 4.71. The van der Waals surface area contributed by atoms with E-state index in [1.54, 1.807) is 18.2 Å². The van der Waals surface area contributed by atoms with Crippen LogP contribution in [0.15, 0.2) is 23.1 Å². The molecule has 0 saturated heterocycles. The van der Waals surface area contributed by atoms with Crippen LogP contribution in [0.25, 0.3) is 0 Å². The highest BCUT2D eigenvalue weighted by Gasteiger charge is 2.17. The van der Waals surface area contributed by atoms with Crippen LogP contribution in [0, 0.1) is 6.92 Å². The summed E-state index contributed by atoms with van der Waals surface area (Å²) in [5.41, 5.74) is 0.834. The van der Waals surface area contributed by atoms with E-state index in [4.69, 9.17) is 4.74 Å². The van der Waals surface area contributed by atoms with Crippen molar-refractivity contribution in [3.8, 4) is 5.75 Å². The van der Waals surface area contributed by atoms with Gasteiger partial charge in [0.25, 0.3) is 0 Å². The van der Waals surface area contributed by atoms with E-state index in [0.29, 0.717) is 6.61 Å². The minimum atomic E-state index is -3.44. The summed E-state index contributed by atoms with van der Waals surface area (Å²) in [5.74, 6) is 0.740. The van der Waals surface area contributed by atoms with Crippen LogP contribution in [0.2, 0.25) is 0 Å². The molecular formula is C14H23NO3S. The molecule has 0 aliphatic heterocycles. The average Bonchev–Trinajstić information content (AvgIpc) is 2.36. The zero-order chi connectivity index (χ0) is 14.5. The minimum absolute atomic E-state index is 0.0682. The second-order valence-corrected chi connectivity index (χ2v) is 6.42. The van der Waals surface area contributed by atoms with E-state index in [-0.39, 0.29) is 10.9 Å². The number of hydrogen-bond acceptors (Lipinski definition) is 3. The Balaban J connectivity index is 2.93. The van der Waals surface area contributed by atoms with E-state index in [2.05, 4.69) is 4.72 Å². The first-order valence-corrected chi connectivity index (χ1v) is 8.14. The Morgan fingerprint density at radius 1 is 1.32 bits per heavy atom. The van der Waals surface area contributed by atoms with Crippen molar-refractivity contribution in [3.05, 3.63) is 23.8 Å². The lowest BCUT2D eigenvalue weighted by Crippen LogP contribution is -2.32. The third-order valence-corrected chi connectivity index (χ3v) is 4.47. The van der Waals surface area contributed by atoms with Gasteiger partial charge < -0.3 is 4.74 Å². The van der Waals surface area contributed by atoms with Crippen molar-refractivity contribution in [2.24, 2.45) is 0 Å². The molecule has 0 aliphatic rings. The largest absolute Gasteiger partial charge is 0.493 e. The van der Waals surface area contributed by atoms with Crippen LogP contribution in [0.1, 0.15) is 39.2 Å². The molecule has 5 heteroatoms. The molecular weight excluding hydrogens is 262 g/mol. The summed E-state index contributed by atoms with van der Waals surface area (Å²) in [4.78, 5) is 0.286. The summed E-state index contributed by atoms with van der Waals surface area (Å²) < 4.78 is 32.4. The number of hydrogen-bond donors (Lipinski definition) is 1. The summed E-state index contributed by atoms with van der Waals surface area (Å²) in [6, 6.07) is 4.88. The van der Waals surface area contributed by atoms with Crippen LogP contribution in [-0.4, -0.2) is 21.1 Å². The molecule has 108 valence electrons. The summed E-state index contributed by atoms with van der Waals surface area (Å²) in [6.45, 7) is 8.32. The quantitative estimate of drug-likeness (QED) is 0.838. The van der Waals surface area contributed by atoms with Gasteiger partial charge in [-0.15, -0.1) is 0 Å². The van der Waals surface area contributed by atoms with Crippen LogP contribution >= 0.6 is 0 Å². The molecule has 19 heavy (non-hydrogen) atoms. The first kappa shape index (κ1) is 16.0. The summed E-state index contributed by atoms with van der Waals surface area (Å²) in [6.07, 6.45) is 1.69. The fraction of sp³-hybridized carbons (Fsp3) is 0.571. The molecule has 0 fully saturated rings. The lowest BCUT2D eigenvalue weighted by molar-refractivity contribution is 0.315. The van der Waals surface area contributed by atoms with Gasteiger partial charge in [-0.2, -0.15) is 0 Å². The van der Waals surface area contributed by atoms with Crippen molar-refractivity contribution in [2.75, 3.05) is 6.61 Å². The van der Waals surface area contributed by atoms with Crippen LogP contribution in [0.3, 0.4) is 0 Å². The normalized spacial score (nSPS) is 13.3. The topological polar surface area (TPSA) is 55.4 Å². The van der Waals surface area contributed by atoms with E-state index in [9.17, 15) is 8.42 Å². The summed E-state index contributed by atoms with van der Waals surface area (Å²) >= 11 is 0. The monoisotopic (exact) mass is 285 g/mol. The van der Waals surface area contributed by atoms with Crippen LogP contribution in [0.5, 0.6) is 5.75 Å². The Morgan fingerprint density at radius 2 is 2.00 bits per heavy atom. The molecule has 1 N–H and O–H groups in total. The maximum absolute atomic E-state index is 12.1. The fourth-order valence-corrected chi connectivity index (χ4v) is 2.99. The number of sulfonamides is 1. The molecule has 0 amide bonds. The molecule has 4 nitrogen and oxygen atoms in total. The molecule has 0 radical (unpaired) electrons. The molecule has 0 aliphatic carbocycles. The van der Waals surface area contributed by atoms with Crippen LogP contribution in [-0.2, 0) is 10.0 Å². The second kappa shape index (κ2) is 6.91. The molecule has 1 aromatic rings. The van der Waals surface area contributed by atoms with Crippen molar-refractivity contribution < 1.29 is 13.2 Å². The molecule has 0 aromatic heterocycles. The molecule has 0 heterocycles. The smallest absolute Gasteiger partial charge is 0.240 e. The van der Waals surface area contributed by atoms with Crippen molar-refractivity contribution in [3.63, 3.8) is 0 Å². The third kappa shape index (κ3) is 4.51. The Morgan fingerprint density at radius 3 is 2.53 bits per heavy atom. The highest BCUT2D eigenvalue weighted by molar-refractivity contribution is 7.89. The number of benzene rings is 1. The van der Waals surface area contributed by atoms with Gasteiger partial charge in [0.05, 0.1) is 11.5 Å². The summed E-state index contributed by atoms with van der Waals surface area (Å²) in [5, 5.41) is 0. The number of ether oxygens (including phenoxy) is 1. The standard InChI is InChI=1S/C14H23NO3S/c1-5-9-18-14-8-7-13(10-11(14)3)19(16,17)15-12(4)6-2/h7-8,10,12,15H,5-6,9H2,1-4H3/t12-/m1/s1. The zero-order valence-corrected chi connectivity index (χ0v) is 12.9.